The zero-order valence-electron chi connectivity index (χ0n) is 15.3. The molecule has 3 aromatic rings. The lowest BCUT2D eigenvalue weighted by molar-refractivity contribution is 0.0450. The normalized spacial score (nSPS) is 10.3. The van der Waals surface area contributed by atoms with Crippen LogP contribution in [-0.4, -0.2) is 25.8 Å². The molecule has 0 spiro atoms. The van der Waals surface area contributed by atoms with Crippen LogP contribution in [0.2, 0.25) is 0 Å². The number of para-hydroxylation sites is 1. The van der Waals surface area contributed by atoms with Crippen LogP contribution < -0.4 is 9.47 Å². The lowest BCUT2D eigenvalue weighted by atomic mass is 10.2. The predicted molar refractivity (Wildman–Crippen MR) is 112 cm³/mol. The summed E-state index contributed by atoms with van der Waals surface area (Å²) in [5.41, 5.74) is 1.68. The largest absolute Gasteiger partial charge is 0.492 e. The van der Waals surface area contributed by atoms with E-state index in [1.807, 2.05) is 48.5 Å². The van der Waals surface area contributed by atoms with Gasteiger partial charge in [-0.1, -0.05) is 48.5 Å². The highest BCUT2D eigenvalue weighted by molar-refractivity contribution is 9.10. The van der Waals surface area contributed by atoms with Crippen LogP contribution in [0.4, 0.5) is 0 Å². The Morgan fingerprint density at radius 2 is 1.50 bits per heavy atom. The minimum atomic E-state index is -0.395. The molecule has 28 heavy (non-hydrogen) atoms. The molecule has 0 atom stereocenters. The highest BCUT2D eigenvalue weighted by atomic mass is 79.9. The zero-order valence-corrected chi connectivity index (χ0v) is 16.9. The van der Waals surface area contributed by atoms with Crippen molar-refractivity contribution in [2.75, 3.05) is 19.8 Å². The maximum Gasteiger partial charge on any atom is 0.338 e. The number of ether oxygens (including phenoxy) is 3. The predicted octanol–water partition coefficient (Wildman–Crippen LogP) is 5.31. The van der Waals surface area contributed by atoms with Gasteiger partial charge in [-0.15, -0.1) is 0 Å². The van der Waals surface area contributed by atoms with Gasteiger partial charge in [0.1, 0.15) is 24.7 Å². The quantitative estimate of drug-likeness (QED) is 0.334. The second-order valence-electron chi connectivity index (χ2n) is 6.03. The Bertz CT molecular complexity index is 882. The van der Waals surface area contributed by atoms with E-state index in [-0.39, 0.29) is 6.61 Å². The van der Waals surface area contributed by atoms with E-state index in [0.717, 1.165) is 16.6 Å². The third kappa shape index (κ3) is 6.13. The summed E-state index contributed by atoms with van der Waals surface area (Å²) in [5.74, 6) is 1.05. The van der Waals surface area contributed by atoms with E-state index in [1.54, 1.807) is 18.2 Å². The summed E-state index contributed by atoms with van der Waals surface area (Å²) in [5, 5.41) is 0. The van der Waals surface area contributed by atoms with Crippen LogP contribution >= 0.6 is 15.9 Å². The highest BCUT2D eigenvalue weighted by Crippen LogP contribution is 2.26. The molecule has 0 heterocycles. The summed E-state index contributed by atoms with van der Waals surface area (Å²) in [6.45, 7) is 1.04. The molecule has 0 bridgehead atoms. The third-order valence-electron chi connectivity index (χ3n) is 3.99. The first-order valence-electron chi connectivity index (χ1n) is 9.03. The molecule has 4 nitrogen and oxygen atoms in total. The van der Waals surface area contributed by atoms with Gasteiger partial charge in [0.05, 0.1) is 16.6 Å². The number of hydrogen-bond acceptors (Lipinski definition) is 4. The molecule has 0 aliphatic rings. The topological polar surface area (TPSA) is 44.8 Å². The number of carbonyl (C=O) groups is 1. The number of hydrogen-bond donors (Lipinski definition) is 0. The Morgan fingerprint density at radius 1 is 0.786 bits per heavy atom. The standard InChI is InChI=1S/C23H21BrO4/c24-21-17-19(23(25)28-16-15-26-20-9-5-2-6-10-20)11-12-22(21)27-14-13-18-7-3-1-4-8-18/h1-12,17H,13-16H2. The molecule has 3 aromatic carbocycles. The van der Waals surface area contributed by atoms with Crippen molar-refractivity contribution < 1.29 is 19.0 Å². The molecule has 0 aliphatic carbocycles. The molecule has 0 N–H and O–H groups in total. The minimum Gasteiger partial charge on any atom is -0.492 e. The van der Waals surface area contributed by atoms with Gasteiger partial charge in [-0.2, -0.15) is 0 Å². The fourth-order valence-corrected chi connectivity index (χ4v) is 3.06. The lowest BCUT2D eigenvalue weighted by Gasteiger charge is -2.10. The zero-order chi connectivity index (χ0) is 19.6. The van der Waals surface area contributed by atoms with E-state index in [1.165, 1.54) is 5.56 Å². The molecule has 0 unspecified atom stereocenters. The van der Waals surface area contributed by atoms with Gasteiger partial charge < -0.3 is 14.2 Å². The minimum absolute atomic E-state index is 0.181. The van der Waals surface area contributed by atoms with Crippen molar-refractivity contribution in [3.8, 4) is 11.5 Å². The molecule has 0 amide bonds. The second-order valence-corrected chi connectivity index (χ2v) is 6.88. The van der Waals surface area contributed by atoms with Crippen molar-refractivity contribution in [1.29, 1.82) is 0 Å². The van der Waals surface area contributed by atoms with E-state index in [0.29, 0.717) is 24.5 Å². The Labute approximate surface area is 173 Å². The maximum atomic E-state index is 12.2. The number of esters is 1. The monoisotopic (exact) mass is 440 g/mol. The van der Waals surface area contributed by atoms with E-state index in [2.05, 4.69) is 28.1 Å². The molecule has 0 aliphatic heterocycles. The van der Waals surface area contributed by atoms with Gasteiger partial charge in [0.15, 0.2) is 0 Å². The molecular formula is C23H21BrO4. The van der Waals surface area contributed by atoms with Gasteiger partial charge in [0.25, 0.3) is 0 Å². The molecule has 5 heteroatoms. The SMILES string of the molecule is O=C(OCCOc1ccccc1)c1ccc(OCCc2ccccc2)c(Br)c1. The molecule has 0 radical (unpaired) electrons. The van der Waals surface area contributed by atoms with Crippen LogP contribution in [0.15, 0.2) is 83.3 Å². The van der Waals surface area contributed by atoms with Crippen molar-refractivity contribution in [2.45, 2.75) is 6.42 Å². The first-order valence-corrected chi connectivity index (χ1v) is 9.83. The molecule has 0 saturated heterocycles. The lowest BCUT2D eigenvalue weighted by Crippen LogP contribution is -2.12. The smallest absolute Gasteiger partial charge is 0.338 e. The van der Waals surface area contributed by atoms with E-state index >= 15 is 0 Å². The van der Waals surface area contributed by atoms with E-state index in [9.17, 15) is 4.79 Å². The third-order valence-corrected chi connectivity index (χ3v) is 4.61. The molecular weight excluding hydrogens is 420 g/mol. The van der Waals surface area contributed by atoms with Crippen molar-refractivity contribution in [2.24, 2.45) is 0 Å². The maximum absolute atomic E-state index is 12.2. The Kier molecular flexibility index (Phi) is 7.50. The van der Waals surface area contributed by atoms with Crippen LogP contribution in [0.3, 0.4) is 0 Å². The Balaban J connectivity index is 1.44. The summed E-state index contributed by atoms with van der Waals surface area (Å²) in [4.78, 5) is 12.2. The summed E-state index contributed by atoms with van der Waals surface area (Å²) in [7, 11) is 0. The van der Waals surface area contributed by atoms with Gasteiger partial charge in [-0.25, -0.2) is 4.79 Å². The van der Waals surface area contributed by atoms with Crippen LogP contribution in [0, 0.1) is 0 Å². The van der Waals surface area contributed by atoms with Crippen LogP contribution in [-0.2, 0) is 11.2 Å². The molecule has 0 fully saturated rings. The highest BCUT2D eigenvalue weighted by Gasteiger charge is 2.11. The van der Waals surface area contributed by atoms with Gasteiger partial charge in [0.2, 0.25) is 0 Å². The van der Waals surface area contributed by atoms with Crippen LogP contribution in [0.5, 0.6) is 11.5 Å². The fraction of sp³-hybridized carbons (Fsp3) is 0.174. The number of carbonyl (C=O) groups excluding carboxylic acids is 1. The van der Waals surface area contributed by atoms with Crippen molar-refractivity contribution in [1.82, 2.24) is 0 Å². The molecule has 0 aromatic heterocycles. The fourth-order valence-electron chi connectivity index (χ4n) is 2.56. The van der Waals surface area contributed by atoms with Crippen molar-refractivity contribution in [3.05, 3.63) is 94.5 Å². The summed E-state index contributed by atoms with van der Waals surface area (Å²) < 4.78 is 17.3. The van der Waals surface area contributed by atoms with Gasteiger partial charge in [0, 0.05) is 6.42 Å². The first kappa shape index (κ1) is 20.0. The Morgan fingerprint density at radius 3 is 2.21 bits per heavy atom. The van der Waals surface area contributed by atoms with Crippen LogP contribution in [0.1, 0.15) is 15.9 Å². The van der Waals surface area contributed by atoms with Gasteiger partial charge in [-0.05, 0) is 51.8 Å². The van der Waals surface area contributed by atoms with Gasteiger partial charge >= 0.3 is 5.97 Å². The molecule has 3 rings (SSSR count). The average molecular weight is 441 g/mol. The van der Waals surface area contributed by atoms with E-state index in [4.69, 9.17) is 14.2 Å². The average Bonchev–Trinajstić information content (AvgIpc) is 2.74. The molecule has 144 valence electrons. The summed E-state index contributed by atoms with van der Waals surface area (Å²) >= 11 is 3.46. The number of halogens is 1. The van der Waals surface area contributed by atoms with Crippen molar-refractivity contribution in [3.63, 3.8) is 0 Å². The summed E-state index contributed by atoms with van der Waals surface area (Å²) in [6.07, 6.45) is 0.818. The first-order chi connectivity index (χ1) is 13.7. The van der Waals surface area contributed by atoms with Crippen molar-refractivity contribution >= 4 is 21.9 Å². The van der Waals surface area contributed by atoms with E-state index < -0.39 is 5.97 Å². The Hall–Kier alpha value is -2.79. The number of rotatable bonds is 9. The molecule has 0 saturated carbocycles. The second kappa shape index (κ2) is 10.5. The summed E-state index contributed by atoms with van der Waals surface area (Å²) in [6, 6.07) is 24.7. The van der Waals surface area contributed by atoms with Crippen LogP contribution in [0.25, 0.3) is 0 Å². The number of benzene rings is 3. The van der Waals surface area contributed by atoms with Gasteiger partial charge in [-0.3, -0.25) is 0 Å².